The molecule has 25 heavy (non-hydrogen) atoms. The minimum atomic E-state index is 0.521. The first-order valence-electron chi connectivity index (χ1n) is 7.99. The summed E-state index contributed by atoms with van der Waals surface area (Å²) in [5.41, 5.74) is 2.62. The molecule has 0 atom stereocenters. The van der Waals surface area contributed by atoms with Crippen molar-refractivity contribution in [3.8, 4) is 5.75 Å². The van der Waals surface area contributed by atoms with Crippen LogP contribution in [0.1, 0.15) is 12.0 Å². The van der Waals surface area contributed by atoms with Crippen LogP contribution in [-0.2, 0) is 6.54 Å². The molecule has 7 heteroatoms. The zero-order chi connectivity index (χ0) is 17.6. The van der Waals surface area contributed by atoms with Gasteiger partial charge in [-0.3, -0.25) is 0 Å². The van der Waals surface area contributed by atoms with E-state index >= 15 is 0 Å². The van der Waals surface area contributed by atoms with Crippen molar-refractivity contribution in [3.63, 3.8) is 0 Å². The number of ether oxygens (including phenoxy) is 1. The third-order valence-electron chi connectivity index (χ3n) is 3.72. The Morgan fingerprint density at radius 2 is 1.96 bits per heavy atom. The number of hydrogen-bond acceptors (Lipinski definition) is 5. The normalized spacial score (nSPS) is 11.0. The molecule has 0 saturated carbocycles. The summed E-state index contributed by atoms with van der Waals surface area (Å²) >= 11 is 11.9. The van der Waals surface area contributed by atoms with Gasteiger partial charge in [-0.1, -0.05) is 29.3 Å². The minimum absolute atomic E-state index is 0.521. The Hall–Kier alpha value is -1.95. The Balaban J connectivity index is 1.40. The SMILES string of the molecule is COc1ccc2nc(NCCCNCc3ccc(Cl)c(Cl)c3)oc2c1. The molecule has 0 unspecified atom stereocenters. The zero-order valence-corrected chi connectivity index (χ0v) is 15.3. The van der Waals surface area contributed by atoms with Gasteiger partial charge < -0.3 is 19.8 Å². The highest BCUT2D eigenvalue weighted by Crippen LogP contribution is 2.24. The van der Waals surface area contributed by atoms with Gasteiger partial charge in [0, 0.05) is 19.2 Å². The molecule has 0 spiro atoms. The van der Waals surface area contributed by atoms with E-state index in [0.717, 1.165) is 42.9 Å². The number of rotatable bonds is 8. The lowest BCUT2D eigenvalue weighted by atomic mass is 10.2. The number of methoxy groups -OCH3 is 1. The quantitative estimate of drug-likeness (QED) is 0.553. The van der Waals surface area contributed by atoms with Crippen molar-refractivity contribution in [1.29, 1.82) is 0 Å². The molecule has 2 aromatic carbocycles. The van der Waals surface area contributed by atoms with E-state index in [1.54, 1.807) is 7.11 Å². The summed E-state index contributed by atoms with van der Waals surface area (Å²) in [7, 11) is 1.63. The average Bonchev–Trinajstić information content (AvgIpc) is 3.02. The molecule has 0 aliphatic rings. The molecular weight excluding hydrogens is 361 g/mol. The van der Waals surface area contributed by atoms with E-state index in [-0.39, 0.29) is 0 Å². The largest absolute Gasteiger partial charge is 0.497 e. The Morgan fingerprint density at radius 3 is 2.76 bits per heavy atom. The maximum Gasteiger partial charge on any atom is 0.295 e. The van der Waals surface area contributed by atoms with Crippen molar-refractivity contribution in [1.82, 2.24) is 10.3 Å². The molecular formula is C18H19Cl2N3O2. The molecule has 0 aliphatic carbocycles. The van der Waals surface area contributed by atoms with Crippen LogP contribution in [0, 0.1) is 0 Å². The van der Waals surface area contributed by atoms with Crippen LogP contribution < -0.4 is 15.4 Å². The molecule has 0 amide bonds. The number of nitrogens with zero attached hydrogens (tertiary/aromatic N) is 1. The topological polar surface area (TPSA) is 59.3 Å². The van der Waals surface area contributed by atoms with Gasteiger partial charge in [0.15, 0.2) is 5.58 Å². The molecule has 0 fully saturated rings. The number of fused-ring (bicyclic) bond motifs is 1. The van der Waals surface area contributed by atoms with Crippen molar-refractivity contribution in [2.45, 2.75) is 13.0 Å². The first-order chi connectivity index (χ1) is 12.2. The Morgan fingerprint density at radius 1 is 1.08 bits per heavy atom. The average molecular weight is 380 g/mol. The van der Waals surface area contributed by atoms with Gasteiger partial charge in [-0.15, -0.1) is 0 Å². The van der Waals surface area contributed by atoms with Gasteiger partial charge in [-0.2, -0.15) is 4.98 Å². The summed E-state index contributed by atoms with van der Waals surface area (Å²) < 4.78 is 10.8. The summed E-state index contributed by atoms with van der Waals surface area (Å²) in [5.74, 6) is 0.752. The molecule has 1 heterocycles. The van der Waals surface area contributed by atoms with Crippen molar-refractivity contribution in [2.24, 2.45) is 0 Å². The van der Waals surface area contributed by atoms with Gasteiger partial charge in [0.1, 0.15) is 11.3 Å². The summed E-state index contributed by atoms with van der Waals surface area (Å²) in [6.45, 7) is 2.37. The molecule has 2 N–H and O–H groups in total. The molecule has 0 saturated heterocycles. The van der Waals surface area contributed by atoms with Crippen LogP contribution >= 0.6 is 23.2 Å². The molecule has 0 aliphatic heterocycles. The van der Waals surface area contributed by atoms with Crippen molar-refractivity contribution in [2.75, 3.05) is 25.5 Å². The fourth-order valence-corrected chi connectivity index (χ4v) is 2.72. The lowest BCUT2D eigenvalue weighted by molar-refractivity contribution is 0.414. The molecule has 5 nitrogen and oxygen atoms in total. The summed E-state index contributed by atoms with van der Waals surface area (Å²) in [6.07, 6.45) is 0.934. The van der Waals surface area contributed by atoms with Crippen molar-refractivity contribution >= 4 is 40.3 Å². The number of hydrogen-bond donors (Lipinski definition) is 2. The van der Waals surface area contributed by atoms with Gasteiger partial charge >= 0.3 is 0 Å². The molecule has 132 valence electrons. The van der Waals surface area contributed by atoms with E-state index in [1.807, 2.05) is 36.4 Å². The van der Waals surface area contributed by atoms with Gasteiger partial charge in [0.05, 0.1) is 17.2 Å². The third kappa shape index (κ3) is 4.78. The van der Waals surface area contributed by atoms with Gasteiger partial charge in [0.2, 0.25) is 0 Å². The second-order valence-corrected chi connectivity index (χ2v) is 6.37. The summed E-state index contributed by atoms with van der Waals surface area (Å²) in [4.78, 5) is 4.39. The molecule has 3 aromatic rings. The van der Waals surface area contributed by atoms with Crippen LogP contribution in [0.2, 0.25) is 10.0 Å². The summed E-state index contributed by atoms with van der Waals surface area (Å²) in [5, 5.41) is 7.71. The Kier molecular flexibility index (Phi) is 6.02. The minimum Gasteiger partial charge on any atom is -0.497 e. The third-order valence-corrected chi connectivity index (χ3v) is 4.45. The number of aromatic nitrogens is 1. The Labute approximate surface area is 156 Å². The molecule has 1 aromatic heterocycles. The van der Waals surface area contributed by atoms with Crippen LogP contribution in [-0.4, -0.2) is 25.2 Å². The van der Waals surface area contributed by atoms with E-state index < -0.39 is 0 Å². The molecule has 0 radical (unpaired) electrons. The maximum atomic E-state index is 6.00. The lowest BCUT2D eigenvalue weighted by Gasteiger charge is -2.06. The smallest absolute Gasteiger partial charge is 0.295 e. The monoisotopic (exact) mass is 379 g/mol. The van der Waals surface area contributed by atoms with Crippen molar-refractivity contribution < 1.29 is 9.15 Å². The highest BCUT2D eigenvalue weighted by molar-refractivity contribution is 6.42. The molecule has 0 bridgehead atoms. The highest BCUT2D eigenvalue weighted by atomic mass is 35.5. The number of nitrogens with one attached hydrogen (secondary N) is 2. The second kappa shape index (κ2) is 8.43. The van der Waals surface area contributed by atoms with Crippen LogP contribution in [0.4, 0.5) is 6.01 Å². The van der Waals surface area contributed by atoms with E-state index in [0.29, 0.717) is 21.6 Å². The predicted molar refractivity (Wildman–Crippen MR) is 102 cm³/mol. The second-order valence-electron chi connectivity index (χ2n) is 5.56. The van der Waals surface area contributed by atoms with Crippen molar-refractivity contribution in [3.05, 3.63) is 52.0 Å². The standard InChI is InChI=1S/C18H19Cl2N3O2/c1-24-13-4-6-16-17(10-13)25-18(23-16)22-8-2-7-21-11-12-3-5-14(19)15(20)9-12/h3-6,9-10,21H,2,7-8,11H2,1H3,(H,22,23). The maximum absolute atomic E-state index is 6.00. The zero-order valence-electron chi connectivity index (χ0n) is 13.8. The van der Waals surface area contributed by atoms with E-state index in [9.17, 15) is 0 Å². The number of benzene rings is 2. The Bertz CT molecular complexity index is 851. The lowest BCUT2D eigenvalue weighted by Crippen LogP contribution is -2.17. The fourth-order valence-electron chi connectivity index (χ4n) is 2.40. The first-order valence-corrected chi connectivity index (χ1v) is 8.74. The first kappa shape index (κ1) is 17.9. The van der Waals surface area contributed by atoms with Crippen LogP contribution in [0.3, 0.4) is 0 Å². The molecule has 3 rings (SSSR count). The van der Waals surface area contributed by atoms with Gasteiger partial charge in [-0.25, -0.2) is 0 Å². The fraction of sp³-hybridized carbons (Fsp3) is 0.278. The predicted octanol–water partition coefficient (Wildman–Crippen LogP) is 4.74. The van der Waals surface area contributed by atoms with Gasteiger partial charge in [-0.05, 0) is 42.8 Å². The number of halogens is 2. The van der Waals surface area contributed by atoms with Crippen LogP contribution in [0.5, 0.6) is 5.75 Å². The summed E-state index contributed by atoms with van der Waals surface area (Å²) in [6, 6.07) is 11.7. The number of oxazole rings is 1. The van der Waals surface area contributed by atoms with E-state index in [1.165, 1.54) is 0 Å². The highest BCUT2D eigenvalue weighted by Gasteiger charge is 2.06. The van der Waals surface area contributed by atoms with Crippen LogP contribution in [0.15, 0.2) is 40.8 Å². The van der Waals surface area contributed by atoms with E-state index in [4.69, 9.17) is 32.4 Å². The number of anilines is 1. The van der Waals surface area contributed by atoms with E-state index in [2.05, 4.69) is 15.6 Å². The van der Waals surface area contributed by atoms with Gasteiger partial charge in [0.25, 0.3) is 6.01 Å². The van der Waals surface area contributed by atoms with Crippen LogP contribution in [0.25, 0.3) is 11.1 Å².